The SMILES string of the molecule is O=C(O)CCn1ccc(C(=O)Nc2ccn(Cc3c(F)cccc3Cl)n2)n1. The number of carboxylic acid groups (broad SMARTS) is 1. The van der Waals surface area contributed by atoms with Crippen molar-refractivity contribution in [2.45, 2.75) is 19.5 Å². The Labute approximate surface area is 158 Å². The van der Waals surface area contributed by atoms with Crippen molar-refractivity contribution in [3.05, 3.63) is 64.8 Å². The summed E-state index contributed by atoms with van der Waals surface area (Å²) in [5.41, 5.74) is 0.435. The lowest BCUT2D eigenvalue weighted by molar-refractivity contribution is -0.137. The molecule has 0 aliphatic rings. The highest BCUT2D eigenvalue weighted by atomic mass is 35.5. The van der Waals surface area contributed by atoms with Crippen molar-refractivity contribution in [1.82, 2.24) is 19.6 Å². The van der Waals surface area contributed by atoms with Crippen LogP contribution >= 0.6 is 11.6 Å². The number of aromatic nitrogens is 4. The zero-order valence-corrected chi connectivity index (χ0v) is 14.7. The number of carboxylic acids is 1. The molecule has 2 N–H and O–H groups in total. The van der Waals surface area contributed by atoms with Crippen LogP contribution in [0.4, 0.5) is 10.2 Å². The lowest BCUT2D eigenvalue weighted by Gasteiger charge is -2.06. The largest absolute Gasteiger partial charge is 0.481 e. The molecule has 0 fully saturated rings. The van der Waals surface area contributed by atoms with E-state index < -0.39 is 17.7 Å². The number of nitrogens with zero attached hydrogens (tertiary/aromatic N) is 4. The normalized spacial score (nSPS) is 10.7. The van der Waals surface area contributed by atoms with Crippen molar-refractivity contribution >= 4 is 29.3 Å². The van der Waals surface area contributed by atoms with E-state index in [1.54, 1.807) is 18.3 Å². The highest BCUT2D eigenvalue weighted by Gasteiger charge is 2.13. The summed E-state index contributed by atoms with van der Waals surface area (Å²) in [6.45, 7) is 0.284. The Hall–Kier alpha value is -3.20. The fourth-order valence-electron chi connectivity index (χ4n) is 2.36. The van der Waals surface area contributed by atoms with Gasteiger partial charge in [0.05, 0.1) is 19.5 Å². The number of hydrogen-bond acceptors (Lipinski definition) is 4. The summed E-state index contributed by atoms with van der Waals surface area (Å²) in [4.78, 5) is 22.8. The summed E-state index contributed by atoms with van der Waals surface area (Å²) in [5, 5.41) is 19.7. The van der Waals surface area contributed by atoms with Gasteiger partial charge in [-0.15, -0.1) is 0 Å². The van der Waals surface area contributed by atoms with Crippen molar-refractivity contribution in [2.75, 3.05) is 5.32 Å². The number of aryl methyl sites for hydroxylation is 1. The summed E-state index contributed by atoms with van der Waals surface area (Å²) in [7, 11) is 0. The minimum Gasteiger partial charge on any atom is -0.481 e. The van der Waals surface area contributed by atoms with Gasteiger partial charge in [-0.2, -0.15) is 10.2 Å². The molecule has 0 aliphatic heterocycles. The van der Waals surface area contributed by atoms with Crippen LogP contribution in [0.25, 0.3) is 0 Å². The van der Waals surface area contributed by atoms with E-state index in [1.807, 2.05) is 0 Å². The molecule has 0 spiro atoms. The summed E-state index contributed by atoms with van der Waals surface area (Å²) in [6.07, 6.45) is 3.02. The Bertz CT molecular complexity index is 964. The van der Waals surface area contributed by atoms with Crippen LogP contribution < -0.4 is 5.32 Å². The van der Waals surface area contributed by atoms with Gasteiger partial charge < -0.3 is 10.4 Å². The molecule has 0 atom stereocenters. The third-order valence-corrected chi connectivity index (χ3v) is 4.05. The van der Waals surface area contributed by atoms with Crippen LogP contribution in [-0.2, 0) is 17.9 Å². The molecule has 140 valence electrons. The Morgan fingerprint density at radius 3 is 2.67 bits per heavy atom. The molecule has 0 saturated carbocycles. The summed E-state index contributed by atoms with van der Waals surface area (Å²) in [6, 6.07) is 7.47. The maximum atomic E-state index is 13.8. The Morgan fingerprint density at radius 2 is 1.93 bits per heavy atom. The molecule has 0 aliphatic carbocycles. The Kier molecular flexibility index (Phi) is 5.51. The van der Waals surface area contributed by atoms with Crippen molar-refractivity contribution < 1.29 is 19.1 Å². The number of halogens is 2. The van der Waals surface area contributed by atoms with Crippen LogP contribution in [-0.4, -0.2) is 36.5 Å². The minimum atomic E-state index is -0.947. The molecule has 27 heavy (non-hydrogen) atoms. The van der Waals surface area contributed by atoms with Crippen molar-refractivity contribution in [3.8, 4) is 0 Å². The van der Waals surface area contributed by atoms with Crippen LogP contribution in [0.5, 0.6) is 0 Å². The first-order valence-electron chi connectivity index (χ1n) is 7.95. The zero-order valence-electron chi connectivity index (χ0n) is 14.0. The van der Waals surface area contributed by atoms with Gasteiger partial charge in [0.15, 0.2) is 11.5 Å². The number of carbonyl (C=O) groups is 2. The van der Waals surface area contributed by atoms with E-state index in [-0.39, 0.29) is 31.0 Å². The lowest BCUT2D eigenvalue weighted by Crippen LogP contribution is -2.14. The molecular weight excluding hydrogens is 377 g/mol. The first-order valence-corrected chi connectivity index (χ1v) is 8.33. The number of nitrogens with one attached hydrogen (secondary N) is 1. The number of rotatable bonds is 7. The topological polar surface area (TPSA) is 102 Å². The molecule has 2 aromatic heterocycles. The molecule has 2 heterocycles. The quantitative estimate of drug-likeness (QED) is 0.644. The maximum Gasteiger partial charge on any atom is 0.305 e. The zero-order chi connectivity index (χ0) is 19.4. The van der Waals surface area contributed by atoms with Gasteiger partial charge in [-0.3, -0.25) is 19.0 Å². The first-order chi connectivity index (χ1) is 12.9. The van der Waals surface area contributed by atoms with Crippen LogP contribution in [0, 0.1) is 5.82 Å². The highest BCUT2D eigenvalue weighted by molar-refractivity contribution is 6.31. The fourth-order valence-corrected chi connectivity index (χ4v) is 2.58. The molecule has 8 nitrogen and oxygen atoms in total. The van der Waals surface area contributed by atoms with E-state index in [1.165, 1.54) is 33.8 Å². The first kappa shape index (κ1) is 18.6. The van der Waals surface area contributed by atoms with E-state index in [0.29, 0.717) is 10.6 Å². The van der Waals surface area contributed by atoms with Gasteiger partial charge in [-0.05, 0) is 18.2 Å². The van der Waals surface area contributed by atoms with Crippen LogP contribution in [0.2, 0.25) is 5.02 Å². The van der Waals surface area contributed by atoms with Gasteiger partial charge in [-0.25, -0.2) is 4.39 Å². The second-order valence-electron chi connectivity index (χ2n) is 5.66. The van der Waals surface area contributed by atoms with Gasteiger partial charge in [0.2, 0.25) is 0 Å². The second-order valence-corrected chi connectivity index (χ2v) is 6.07. The number of aliphatic carboxylic acids is 1. The van der Waals surface area contributed by atoms with Gasteiger partial charge >= 0.3 is 5.97 Å². The van der Waals surface area contributed by atoms with E-state index in [4.69, 9.17) is 16.7 Å². The fraction of sp³-hybridized carbons (Fsp3) is 0.176. The third-order valence-electron chi connectivity index (χ3n) is 3.69. The average Bonchev–Trinajstić information content (AvgIpc) is 3.26. The predicted octanol–water partition coefficient (Wildman–Crippen LogP) is 2.65. The molecule has 10 heteroatoms. The molecule has 0 radical (unpaired) electrons. The van der Waals surface area contributed by atoms with E-state index in [0.717, 1.165) is 0 Å². The molecule has 0 bridgehead atoms. The van der Waals surface area contributed by atoms with Gasteiger partial charge in [-0.1, -0.05) is 17.7 Å². The van der Waals surface area contributed by atoms with Crippen LogP contribution in [0.3, 0.4) is 0 Å². The van der Waals surface area contributed by atoms with Crippen molar-refractivity contribution in [2.24, 2.45) is 0 Å². The highest BCUT2D eigenvalue weighted by Crippen LogP contribution is 2.20. The number of anilines is 1. The second kappa shape index (κ2) is 8.00. The molecule has 1 aromatic carbocycles. The number of amides is 1. The van der Waals surface area contributed by atoms with E-state index >= 15 is 0 Å². The van der Waals surface area contributed by atoms with Crippen molar-refractivity contribution in [1.29, 1.82) is 0 Å². The monoisotopic (exact) mass is 391 g/mol. The predicted molar refractivity (Wildman–Crippen MR) is 95.2 cm³/mol. The molecule has 3 rings (SSSR count). The number of carbonyl (C=O) groups excluding carboxylic acids is 1. The summed E-state index contributed by atoms with van der Waals surface area (Å²) in [5.74, 6) is -1.60. The third kappa shape index (κ3) is 4.70. The summed E-state index contributed by atoms with van der Waals surface area (Å²) < 4.78 is 16.7. The smallest absolute Gasteiger partial charge is 0.305 e. The molecular formula is C17H15ClFN5O3. The standard InChI is InChI=1S/C17H15ClFN5O3/c18-12-2-1-3-13(19)11(12)10-24-8-5-15(22-24)20-17(27)14-4-7-23(21-14)9-6-16(25)26/h1-5,7-8H,6,9-10H2,(H,25,26)(H,20,22,27). The van der Waals surface area contributed by atoms with Gasteiger partial charge in [0, 0.05) is 29.0 Å². The van der Waals surface area contributed by atoms with Gasteiger partial charge in [0.1, 0.15) is 5.82 Å². The summed E-state index contributed by atoms with van der Waals surface area (Å²) >= 11 is 6.00. The molecule has 0 saturated heterocycles. The van der Waals surface area contributed by atoms with Crippen molar-refractivity contribution in [3.63, 3.8) is 0 Å². The number of hydrogen-bond donors (Lipinski definition) is 2. The minimum absolute atomic E-state index is 0.0915. The number of benzene rings is 1. The van der Waals surface area contributed by atoms with Crippen LogP contribution in [0.15, 0.2) is 42.7 Å². The lowest BCUT2D eigenvalue weighted by atomic mass is 10.2. The average molecular weight is 392 g/mol. The van der Waals surface area contributed by atoms with Crippen LogP contribution in [0.1, 0.15) is 22.5 Å². The molecule has 0 unspecified atom stereocenters. The van der Waals surface area contributed by atoms with E-state index in [9.17, 15) is 14.0 Å². The Morgan fingerprint density at radius 1 is 1.15 bits per heavy atom. The molecule has 1 amide bonds. The molecule has 3 aromatic rings. The maximum absolute atomic E-state index is 13.8. The van der Waals surface area contributed by atoms with E-state index in [2.05, 4.69) is 15.5 Å². The Balaban J connectivity index is 1.63. The van der Waals surface area contributed by atoms with Gasteiger partial charge in [0.25, 0.3) is 5.91 Å².